The molecule has 6 aliphatic rings. The van der Waals surface area contributed by atoms with Gasteiger partial charge in [0.15, 0.2) is 5.78 Å². The fraction of sp³-hybridized carbons (Fsp3) is 0.800. The number of hydrogen-bond donors (Lipinski definition) is 0. The first-order valence-electron chi connectivity index (χ1n) is 16.3. The summed E-state index contributed by atoms with van der Waals surface area (Å²) in [5.41, 5.74) is 2.54. The molecule has 1 aromatic rings. The summed E-state index contributed by atoms with van der Waals surface area (Å²) in [5, 5.41) is 4.23. The molecule has 7 atom stereocenters. The number of amides is 2. The average molecular weight is 562 g/mol. The summed E-state index contributed by atoms with van der Waals surface area (Å²) < 4.78 is 5.84. The molecular formula is C35H51N3O3. The molecule has 6 nitrogen and oxygen atoms in total. The third kappa shape index (κ3) is 3.45. The number of nitrogens with zero attached hydrogens (tertiary/aromatic N) is 3. The van der Waals surface area contributed by atoms with Crippen LogP contribution in [0.5, 0.6) is 0 Å². The molecule has 0 spiro atoms. The van der Waals surface area contributed by atoms with E-state index in [4.69, 9.17) is 4.52 Å². The highest BCUT2D eigenvalue weighted by atomic mass is 16.5. The first kappa shape index (κ1) is 27.7. The van der Waals surface area contributed by atoms with Crippen molar-refractivity contribution in [3.05, 3.63) is 29.2 Å². The molecule has 4 fully saturated rings. The van der Waals surface area contributed by atoms with Gasteiger partial charge in [-0.3, -0.25) is 4.79 Å². The van der Waals surface area contributed by atoms with Crippen LogP contribution in [0.25, 0.3) is 0 Å². The van der Waals surface area contributed by atoms with Crippen LogP contribution in [-0.2, 0) is 16.6 Å². The molecule has 1 aliphatic heterocycles. The number of fused-ring (bicyclic) bond motifs is 8. The molecule has 41 heavy (non-hydrogen) atoms. The maximum absolute atomic E-state index is 14.8. The van der Waals surface area contributed by atoms with E-state index in [2.05, 4.69) is 64.6 Å². The number of likely N-dealkylation sites (N-methyl/N-ethyl adjacent to an activating group) is 1. The Balaban J connectivity index is 1.33. The van der Waals surface area contributed by atoms with E-state index >= 15 is 0 Å². The zero-order chi connectivity index (χ0) is 29.4. The molecule has 0 bridgehead atoms. The first-order valence-corrected chi connectivity index (χ1v) is 16.3. The average Bonchev–Trinajstić information content (AvgIpc) is 3.48. The van der Waals surface area contributed by atoms with E-state index in [0.717, 1.165) is 70.3 Å². The Bertz CT molecular complexity index is 1340. The second kappa shape index (κ2) is 8.29. The lowest BCUT2D eigenvalue weighted by Gasteiger charge is -2.70. The summed E-state index contributed by atoms with van der Waals surface area (Å²) in [4.78, 5) is 31.8. The summed E-state index contributed by atoms with van der Waals surface area (Å²) in [7, 11) is 1.92. The third-order valence-electron chi connectivity index (χ3n) is 14.3. The van der Waals surface area contributed by atoms with Crippen LogP contribution in [-0.4, -0.2) is 53.5 Å². The molecule has 1 aromatic heterocycles. The van der Waals surface area contributed by atoms with Gasteiger partial charge in [-0.05, 0) is 96.4 Å². The van der Waals surface area contributed by atoms with Crippen LogP contribution in [0.3, 0.4) is 0 Å². The van der Waals surface area contributed by atoms with E-state index in [1.165, 1.54) is 17.6 Å². The third-order valence-corrected chi connectivity index (χ3v) is 14.3. The van der Waals surface area contributed by atoms with Gasteiger partial charge in [-0.15, -0.1) is 0 Å². The number of aromatic nitrogens is 1. The number of carbonyl (C=O) groups is 2. The molecule has 3 saturated carbocycles. The number of allylic oxidation sites excluding steroid dienone is 2. The summed E-state index contributed by atoms with van der Waals surface area (Å²) >= 11 is 0. The largest absolute Gasteiger partial charge is 0.361 e. The number of ketones is 1. The topological polar surface area (TPSA) is 66.7 Å². The molecule has 1 saturated heterocycles. The number of rotatable bonds is 2. The number of urea groups is 1. The standard InChI is InChI=1S/C35H51N3O3/c1-30(2)11-13-35(21-38-16-15-37(8)29(38)40)14-12-34(7)27(23(35)19-30)24(39)17-26-32(5)18-22-20-36-41-28(22)31(3,4)25(32)9-10-33(26,34)6/h17,20,23,25,27H,9-16,18-19,21H2,1-8H3/t23-,25-,27-,32-,33+,34+,35+/m0/s1. The Morgan fingerprint density at radius 3 is 2.41 bits per heavy atom. The predicted octanol–water partition coefficient (Wildman–Crippen LogP) is 7.04. The van der Waals surface area contributed by atoms with Gasteiger partial charge >= 0.3 is 6.03 Å². The van der Waals surface area contributed by atoms with E-state index in [1.54, 1.807) is 0 Å². The summed E-state index contributed by atoms with van der Waals surface area (Å²) in [6.07, 6.45) is 12.8. The fourth-order valence-corrected chi connectivity index (χ4v) is 11.9. The summed E-state index contributed by atoms with van der Waals surface area (Å²) in [6.45, 7) is 19.4. The van der Waals surface area contributed by atoms with Crippen LogP contribution < -0.4 is 0 Å². The van der Waals surface area contributed by atoms with Crippen LogP contribution in [0, 0.1) is 44.8 Å². The minimum absolute atomic E-state index is 0.0166. The van der Waals surface area contributed by atoms with Gasteiger partial charge in [-0.25, -0.2) is 4.79 Å². The van der Waals surface area contributed by atoms with Crippen molar-refractivity contribution < 1.29 is 14.1 Å². The van der Waals surface area contributed by atoms with Crippen LogP contribution in [0.2, 0.25) is 0 Å². The first-order chi connectivity index (χ1) is 19.1. The van der Waals surface area contributed by atoms with Crippen LogP contribution in [0.15, 0.2) is 22.4 Å². The van der Waals surface area contributed by atoms with Gasteiger partial charge in [0.25, 0.3) is 0 Å². The number of carbonyl (C=O) groups excluding carboxylic acids is 2. The van der Waals surface area contributed by atoms with Gasteiger partial charge in [-0.2, -0.15) is 0 Å². The van der Waals surface area contributed by atoms with E-state index < -0.39 is 0 Å². The Labute approximate surface area is 246 Å². The maximum Gasteiger partial charge on any atom is 0.319 e. The van der Waals surface area contributed by atoms with Crippen LogP contribution in [0.4, 0.5) is 4.79 Å². The Hall–Kier alpha value is -2.11. The lowest BCUT2D eigenvalue weighted by atomic mass is 9.34. The van der Waals surface area contributed by atoms with Crippen molar-refractivity contribution in [1.82, 2.24) is 15.0 Å². The maximum atomic E-state index is 14.8. The molecule has 0 radical (unpaired) electrons. The smallest absolute Gasteiger partial charge is 0.319 e. The Morgan fingerprint density at radius 1 is 0.976 bits per heavy atom. The van der Waals surface area contributed by atoms with E-state index in [0.29, 0.717) is 17.6 Å². The molecule has 0 unspecified atom stereocenters. The molecule has 7 rings (SSSR count). The quantitative estimate of drug-likeness (QED) is 0.389. The zero-order valence-electron chi connectivity index (χ0n) is 26.7. The van der Waals surface area contributed by atoms with E-state index in [9.17, 15) is 9.59 Å². The molecular weight excluding hydrogens is 510 g/mol. The molecule has 2 heterocycles. The van der Waals surface area contributed by atoms with Gasteiger partial charge < -0.3 is 14.3 Å². The molecule has 0 aromatic carbocycles. The molecule has 0 N–H and O–H groups in total. The SMILES string of the molecule is CN1CCN(C[C@]23CCC(C)(C)C[C@H]2[C@H]2C(=O)C=C4[C@@]5(C)Cc6cnoc6C(C)(C)[C@@H]5CC[C@@]4(C)[C@]2(C)CC3)C1=O. The highest BCUT2D eigenvalue weighted by Gasteiger charge is 2.70. The monoisotopic (exact) mass is 561 g/mol. The van der Waals surface area contributed by atoms with E-state index in [-0.39, 0.29) is 44.4 Å². The van der Waals surface area contributed by atoms with Crippen molar-refractivity contribution >= 4 is 11.8 Å². The summed E-state index contributed by atoms with van der Waals surface area (Å²) in [6, 6.07) is 0.166. The highest BCUT2D eigenvalue weighted by Crippen LogP contribution is 2.74. The van der Waals surface area contributed by atoms with Crippen LogP contribution in [0.1, 0.15) is 105 Å². The van der Waals surface area contributed by atoms with Gasteiger partial charge in [0.05, 0.1) is 6.20 Å². The van der Waals surface area contributed by atoms with Crippen molar-refractivity contribution in [1.29, 1.82) is 0 Å². The minimum atomic E-state index is -0.119. The van der Waals surface area contributed by atoms with Gasteiger partial charge in [-0.1, -0.05) is 59.2 Å². The lowest BCUT2D eigenvalue weighted by Crippen LogP contribution is -2.66. The molecule has 224 valence electrons. The molecule has 6 heteroatoms. The lowest BCUT2D eigenvalue weighted by molar-refractivity contribution is -0.173. The van der Waals surface area contributed by atoms with Crippen LogP contribution >= 0.6 is 0 Å². The molecule has 2 amide bonds. The van der Waals surface area contributed by atoms with Gasteiger partial charge in [0.2, 0.25) is 0 Å². The van der Waals surface area contributed by atoms with Crippen molar-refractivity contribution in [3.63, 3.8) is 0 Å². The predicted molar refractivity (Wildman–Crippen MR) is 159 cm³/mol. The fourth-order valence-electron chi connectivity index (χ4n) is 11.9. The molecule has 5 aliphatic carbocycles. The van der Waals surface area contributed by atoms with E-state index in [1.807, 2.05) is 18.1 Å². The zero-order valence-corrected chi connectivity index (χ0v) is 26.7. The van der Waals surface area contributed by atoms with Crippen molar-refractivity contribution in [2.24, 2.45) is 44.8 Å². The highest BCUT2D eigenvalue weighted by molar-refractivity contribution is 5.95. The minimum Gasteiger partial charge on any atom is -0.361 e. The normalized spacial score (nSPS) is 44.4. The van der Waals surface area contributed by atoms with Gasteiger partial charge in [0, 0.05) is 43.6 Å². The van der Waals surface area contributed by atoms with Crippen molar-refractivity contribution in [2.45, 2.75) is 105 Å². The number of hydrogen-bond acceptors (Lipinski definition) is 4. The second-order valence-electron chi connectivity index (χ2n) is 17.2. The Kier molecular flexibility index (Phi) is 5.60. The second-order valence-corrected chi connectivity index (χ2v) is 17.2. The van der Waals surface area contributed by atoms with Crippen molar-refractivity contribution in [3.8, 4) is 0 Å². The Morgan fingerprint density at radius 2 is 1.71 bits per heavy atom. The summed E-state index contributed by atoms with van der Waals surface area (Å²) in [5.74, 6) is 2.15. The van der Waals surface area contributed by atoms with Crippen molar-refractivity contribution in [2.75, 3.05) is 26.7 Å². The van der Waals surface area contributed by atoms with Gasteiger partial charge in [0.1, 0.15) is 5.76 Å².